The summed E-state index contributed by atoms with van der Waals surface area (Å²) in [5.74, 6) is 7.50. The Labute approximate surface area is 151 Å². The fraction of sp³-hybridized carbons (Fsp3) is 0.700. The molecular formula is C20H32N2OS. The molecule has 0 radical (unpaired) electrons. The predicted molar refractivity (Wildman–Crippen MR) is 103 cm³/mol. The van der Waals surface area contributed by atoms with Crippen molar-refractivity contribution < 1.29 is 5.11 Å². The maximum absolute atomic E-state index is 9.65. The van der Waals surface area contributed by atoms with Gasteiger partial charge in [-0.25, -0.2) is 0 Å². The molecule has 0 amide bonds. The van der Waals surface area contributed by atoms with Gasteiger partial charge in [0.15, 0.2) is 0 Å². The van der Waals surface area contributed by atoms with E-state index in [4.69, 9.17) is 0 Å². The SMILES string of the molecule is CC(C)CN1CCC(CNCc2ccc(C#CC(C)(C)O)s2)CC1. The molecule has 1 aliphatic heterocycles. The fourth-order valence-electron chi connectivity index (χ4n) is 3.04. The van der Waals surface area contributed by atoms with E-state index in [2.05, 4.69) is 42.0 Å². The Morgan fingerprint density at radius 2 is 2.04 bits per heavy atom. The van der Waals surface area contributed by atoms with Crippen LogP contribution in [-0.2, 0) is 6.54 Å². The van der Waals surface area contributed by atoms with E-state index in [-0.39, 0.29) is 0 Å². The molecule has 0 unspecified atom stereocenters. The van der Waals surface area contributed by atoms with Crippen LogP contribution >= 0.6 is 11.3 Å². The summed E-state index contributed by atoms with van der Waals surface area (Å²) in [6, 6.07) is 4.18. The Balaban J connectivity index is 1.68. The molecule has 1 fully saturated rings. The summed E-state index contributed by atoms with van der Waals surface area (Å²) in [5.41, 5.74) is -0.924. The number of rotatable bonds is 6. The monoisotopic (exact) mass is 348 g/mol. The molecule has 1 aliphatic rings. The van der Waals surface area contributed by atoms with Crippen molar-refractivity contribution in [1.82, 2.24) is 10.2 Å². The average Bonchev–Trinajstić information content (AvgIpc) is 2.94. The molecule has 0 spiro atoms. The van der Waals surface area contributed by atoms with Crippen LogP contribution in [0.25, 0.3) is 0 Å². The lowest BCUT2D eigenvalue weighted by Gasteiger charge is -2.33. The highest BCUT2D eigenvalue weighted by Crippen LogP contribution is 2.19. The van der Waals surface area contributed by atoms with Crippen LogP contribution in [0.1, 0.15) is 50.3 Å². The highest BCUT2D eigenvalue weighted by atomic mass is 32.1. The molecule has 0 bridgehead atoms. The minimum absolute atomic E-state index is 0.771. The Morgan fingerprint density at radius 3 is 2.67 bits per heavy atom. The van der Waals surface area contributed by atoms with Crippen LogP contribution in [0.4, 0.5) is 0 Å². The summed E-state index contributed by atoms with van der Waals surface area (Å²) in [6.07, 6.45) is 2.62. The smallest absolute Gasteiger partial charge is 0.120 e. The first kappa shape index (κ1) is 19.5. The summed E-state index contributed by atoms with van der Waals surface area (Å²) < 4.78 is 0. The third kappa shape index (κ3) is 7.36. The lowest BCUT2D eigenvalue weighted by molar-refractivity contribution is 0.143. The third-order valence-electron chi connectivity index (χ3n) is 4.22. The van der Waals surface area contributed by atoms with Crippen LogP contribution in [0.3, 0.4) is 0 Å². The standard InChI is InChI=1S/C20H32N2OS/c1-16(2)15-22-11-8-17(9-12-22)13-21-14-19-6-5-18(24-19)7-10-20(3,4)23/h5-6,16-17,21,23H,8-9,11-15H2,1-4H3. The molecule has 2 rings (SSSR count). The van der Waals surface area contributed by atoms with Gasteiger partial charge in [0.2, 0.25) is 0 Å². The third-order valence-corrected chi connectivity index (χ3v) is 5.22. The summed E-state index contributed by atoms with van der Waals surface area (Å²) in [6.45, 7) is 13.8. The number of nitrogens with zero attached hydrogens (tertiary/aromatic N) is 1. The van der Waals surface area contributed by atoms with Gasteiger partial charge in [-0.05, 0) is 70.3 Å². The molecule has 1 saturated heterocycles. The molecule has 1 aromatic heterocycles. The number of likely N-dealkylation sites (tertiary alicyclic amines) is 1. The maximum atomic E-state index is 9.65. The minimum Gasteiger partial charge on any atom is -0.378 e. The molecule has 0 aliphatic carbocycles. The molecule has 0 saturated carbocycles. The largest absolute Gasteiger partial charge is 0.378 e. The van der Waals surface area contributed by atoms with Gasteiger partial charge in [0, 0.05) is 18.0 Å². The zero-order valence-electron chi connectivity index (χ0n) is 15.6. The van der Waals surface area contributed by atoms with Gasteiger partial charge >= 0.3 is 0 Å². The fourth-order valence-corrected chi connectivity index (χ4v) is 3.87. The molecule has 2 N–H and O–H groups in total. The summed E-state index contributed by atoms with van der Waals surface area (Å²) in [4.78, 5) is 4.94. The molecular weight excluding hydrogens is 316 g/mol. The highest BCUT2D eigenvalue weighted by Gasteiger charge is 2.19. The van der Waals surface area contributed by atoms with Gasteiger partial charge in [-0.2, -0.15) is 0 Å². The molecule has 1 aromatic rings. The highest BCUT2D eigenvalue weighted by molar-refractivity contribution is 7.12. The number of piperidine rings is 1. The second-order valence-electron chi connectivity index (χ2n) is 7.84. The zero-order valence-corrected chi connectivity index (χ0v) is 16.4. The van der Waals surface area contributed by atoms with Gasteiger partial charge in [0.05, 0.1) is 4.88 Å². The van der Waals surface area contributed by atoms with E-state index in [1.807, 2.05) is 6.07 Å². The Morgan fingerprint density at radius 1 is 1.33 bits per heavy atom. The molecule has 3 nitrogen and oxygen atoms in total. The number of nitrogens with one attached hydrogen (secondary N) is 1. The zero-order chi connectivity index (χ0) is 17.6. The van der Waals surface area contributed by atoms with Crippen molar-refractivity contribution in [3.63, 3.8) is 0 Å². The van der Waals surface area contributed by atoms with Crippen LogP contribution in [-0.4, -0.2) is 41.8 Å². The van der Waals surface area contributed by atoms with Crippen molar-refractivity contribution in [2.75, 3.05) is 26.2 Å². The number of thiophene rings is 1. The van der Waals surface area contributed by atoms with Crippen molar-refractivity contribution in [2.45, 2.75) is 52.7 Å². The Hall–Kier alpha value is -0.860. The molecule has 24 heavy (non-hydrogen) atoms. The van der Waals surface area contributed by atoms with Crippen LogP contribution < -0.4 is 5.32 Å². The number of hydrogen-bond donors (Lipinski definition) is 2. The van der Waals surface area contributed by atoms with Crippen molar-refractivity contribution in [3.8, 4) is 11.8 Å². The van der Waals surface area contributed by atoms with E-state index in [1.54, 1.807) is 25.2 Å². The van der Waals surface area contributed by atoms with Gasteiger partial charge in [0.1, 0.15) is 5.60 Å². The lowest BCUT2D eigenvalue weighted by atomic mass is 9.96. The van der Waals surface area contributed by atoms with E-state index in [1.165, 1.54) is 37.4 Å². The molecule has 0 atom stereocenters. The van der Waals surface area contributed by atoms with Crippen LogP contribution in [0.5, 0.6) is 0 Å². The topological polar surface area (TPSA) is 35.5 Å². The number of aliphatic hydroxyl groups is 1. The van der Waals surface area contributed by atoms with Crippen molar-refractivity contribution in [2.24, 2.45) is 11.8 Å². The lowest BCUT2D eigenvalue weighted by Crippen LogP contribution is -2.38. The number of hydrogen-bond acceptors (Lipinski definition) is 4. The van der Waals surface area contributed by atoms with Gasteiger partial charge in [0.25, 0.3) is 0 Å². The van der Waals surface area contributed by atoms with Crippen molar-refractivity contribution >= 4 is 11.3 Å². The van der Waals surface area contributed by atoms with Crippen molar-refractivity contribution in [1.29, 1.82) is 0 Å². The first-order valence-corrected chi connectivity index (χ1v) is 9.91. The molecule has 4 heteroatoms. The van der Waals surface area contributed by atoms with Gasteiger partial charge < -0.3 is 15.3 Å². The van der Waals surface area contributed by atoms with E-state index in [9.17, 15) is 5.11 Å². The summed E-state index contributed by atoms with van der Waals surface area (Å²) in [5, 5.41) is 13.3. The second-order valence-corrected chi connectivity index (χ2v) is 9.01. The maximum Gasteiger partial charge on any atom is 0.120 e. The predicted octanol–water partition coefficient (Wildman–Crippen LogP) is 3.33. The Bertz CT molecular complexity index is 554. The van der Waals surface area contributed by atoms with E-state index in [0.29, 0.717) is 0 Å². The van der Waals surface area contributed by atoms with Crippen molar-refractivity contribution in [3.05, 3.63) is 21.9 Å². The summed E-state index contributed by atoms with van der Waals surface area (Å²) >= 11 is 1.71. The quantitative estimate of drug-likeness (QED) is 0.774. The normalized spacial score (nSPS) is 17.1. The molecule has 2 heterocycles. The van der Waals surface area contributed by atoms with E-state index >= 15 is 0 Å². The van der Waals surface area contributed by atoms with E-state index < -0.39 is 5.60 Å². The first-order chi connectivity index (χ1) is 11.3. The minimum atomic E-state index is -0.924. The van der Waals surface area contributed by atoms with Crippen LogP contribution in [0.2, 0.25) is 0 Å². The van der Waals surface area contributed by atoms with Gasteiger partial charge in [-0.3, -0.25) is 0 Å². The van der Waals surface area contributed by atoms with Gasteiger partial charge in [-0.15, -0.1) is 11.3 Å². The summed E-state index contributed by atoms with van der Waals surface area (Å²) in [7, 11) is 0. The van der Waals surface area contributed by atoms with Crippen LogP contribution in [0, 0.1) is 23.7 Å². The Kier molecular flexibility index (Phi) is 7.31. The second kappa shape index (κ2) is 9.01. The molecule has 134 valence electrons. The van der Waals surface area contributed by atoms with Crippen LogP contribution in [0.15, 0.2) is 12.1 Å². The first-order valence-electron chi connectivity index (χ1n) is 9.09. The van der Waals surface area contributed by atoms with Gasteiger partial charge in [-0.1, -0.05) is 25.7 Å². The average molecular weight is 349 g/mol. The van der Waals surface area contributed by atoms with E-state index in [0.717, 1.165) is 29.8 Å². The molecule has 0 aromatic carbocycles.